The molecule has 0 aliphatic carbocycles. The van der Waals surface area contributed by atoms with Gasteiger partial charge in [0.2, 0.25) is 0 Å². The first-order valence-corrected chi connectivity index (χ1v) is 14.2. The largest absolute Gasteiger partial charge is 0.490 e. The monoisotopic (exact) mass is 646 g/mol. The van der Waals surface area contributed by atoms with E-state index in [0.29, 0.717) is 39.4 Å². The maximum atomic E-state index is 13.4. The molecule has 3 aromatic carbocycles. The molecule has 3 aromatic rings. The zero-order valence-electron chi connectivity index (χ0n) is 21.8. The Hall–Kier alpha value is -3.34. The number of benzene rings is 3. The lowest BCUT2D eigenvalue weighted by Gasteiger charge is -2.15. The summed E-state index contributed by atoms with van der Waals surface area (Å²) in [5, 5.41) is 2.51. The van der Waals surface area contributed by atoms with E-state index in [0.717, 1.165) is 33.9 Å². The SMILES string of the molecule is CCOc1cc(/C=C2\SC(=O)N(Cc3ccc(F)cc3Cl)C2=O)cc(Br)c1OCC(=O)Nc1ccc(C)cc1C. The fourth-order valence-electron chi connectivity index (χ4n) is 3.96. The molecule has 11 heteroatoms. The number of carbonyl (C=O) groups is 3. The molecule has 1 N–H and O–H groups in total. The Bertz CT molecular complexity index is 1530. The summed E-state index contributed by atoms with van der Waals surface area (Å²) in [5.41, 5.74) is 3.77. The van der Waals surface area contributed by atoms with Crippen molar-refractivity contribution in [3.05, 3.63) is 91.0 Å². The highest BCUT2D eigenvalue weighted by Crippen LogP contribution is 2.40. The molecule has 0 bridgehead atoms. The van der Waals surface area contributed by atoms with Crippen LogP contribution in [0, 0.1) is 19.7 Å². The summed E-state index contributed by atoms with van der Waals surface area (Å²) < 4.78 is 25.4. The Kier molecular flexibility index (Phi) is 9.55. The molecule has 0 radical (unpaired) electrons. The van der Waals surface area contributed by atoms with Crippen molar-refractivity contribution in [1.29, 1.82) is 0 Å². The molecule has 1 heterocycles. The number of anilines is 1. The van der Waals surface area contributed by atoms with Crippen molar-refractivity contribution in [2.75, 3.05) is 18.5 Å². The second-order valence-corrected chi connectivity index (χ2v) is 11.2. The van der Waals surface area contributed by atoms with Gasteiger partial charge in [-0.3, -0.25) is 19.3 Å². The maximum Gasteiger partial charge on any atom is 0.293 e. The highest BCUT2D eigenvalue weighted by atomic mass is 79.9. The fourth-order valence-corrected chi connectivity index (χ4v) is 5.60. The molecule has 0 atom stereocenters. The topological polar surface area (TPSA) is 84.9 Å². The lowest BCUT2D eigenvalue weighted by atomic mass is 10.1. The first kappa shape index (κ1) is 29.6. The summed E-state index contributed by atoms with van der Waals surface area (Å²) in [6.07, 6.45) is 1.57. The van der Waals surface area contributed by atoms with Crippen molar-refractivity contribution < 1.29 is 28.2 Å². The number of imide groups is 1. The molecule has 1 saturated heterocycles. The summed E-state index contributed by atoms with van der Waals surface area (Å²) in [5.74, 6) is -0.644. The molecule has 0 spiro atoms. The number of rotatable bonds is 9. The van der Waals surface area contributed by atoms with Gasteiger partial charge in [0.1, 0.15) is 5.82 Å². The smallest absolute Gasteiger partial charge is 0.293 e. The number of ether oxygens (including phenoxy) is 2. The van der Waals surface area contributed by atoms with Crippen molar-refractivity contribution in [2.24, 2.45) is 0 Å². The van der Waals surface area contributed by atoms with Crippen LogP contribution in [0.4, 0.5) is 14.9 Å². The van der Waals surface area contributed by atoms with Crippen LogP contribution in [-0.4, -0.2) is 35.2 Å². The van der Waals surface area contributed by atoms with Gasteiger partial charge >= 0.3 is 0 Å². The number of thioether (sulfide) groups is 1. The van der Waals surface area contributed by atoms with Gasteiger partial charge in [-0.25, -0.2) is 4.39 Å². The Morgan fingerprint density at radius 1 is 1.12 bits per heavy atom. The molecule has 7 nitrogen and oxygen atoms in total. The number of nitrogens with zero attached hydrogens (tertiary/aromatic N) is 1. The number of carbonyl (C=O) groups excluding carboxylic acids is 3. The molecule has 0 saturated carbocycles. The molecule has 1 fully saturated rings. The third kappa shape index (κ3) is 7.04. The number of hydrogen-bond donors (Lipinski definition) is 1. The first-order chi connectivity index (χ1) is 19.0. The summed E-state index contributed by atoms with van der Waals surface area (Å²) >= 11 is 10.3. The van der Waals surface area contributed by atoms with E-state index >= 15 is 0 Å². The number of nitrogens with one attached hydrogen (secondary N) is 1. The van der Waals surface area contributed by atoms with E-state index in [-0.39, 0.29) is 29.0 Å². The van der Waals surface area contributed by atoms with E-state index in [4.69, 9.17) is 21.1 Å². The van der Waals surface area contributed by atoms with Gasteiger partial charge in [0.15, 0.2) is 18.1 Å². The van der Waals surface area contributed by atoms with Crippen LogP contribution in [-0.2, 0) is 16.1 Å². The van der Waals surface area contributed by atoms with Gasteiger partial charge in [0.25, 0.3) is 17.1 Å². The van der Waals surface area contributed by atoms with E-state index in [1.54, 1.807) is 18.2 Å². The van der Waals surface area contributed by atoms with Crippen LogP contribution in [0.1, 0.15) is 29.2 Å². The van der Waals surface area contributed by atoms with Crippen LogP contribution in [0.5, 0.6) is 11.5 Å². The number of amides is 3. The van der Waals surface area contributed by atoms with Gasteiger partial charge in [-0.2, -0.15) is 0 Å². The summed E-state index contributed by atoms with van der Waals surface area (Å²) in [6, 6.07) is 12.9. The van der Waals surface area contributed by atoms with Gasteiger partial charge in [0.05, 0.1) is 22.5 Å². The first-order valence-electron chi connectivity index (χ1n) is 12.2. The number of halogens is 3. The van der Waals surface area contributed by atoms with Crippen LogP contribution in [0.3, 0.4) is 0 Å². The third-order valence-electron chi connectivity index (χ3n) is 5.85. The second kappa shape index (κ2) is 12.9. The van der Waals surface area contributed by atoms with E-state index in [1.165, 1.54) is 12.1 Å². The Balaban J connectivity index is 1.50. The zero-order chi connectivity index (χ0) is 29.0. The summed E-state index contributed by atoms with van der Waals surface area (Å²) in [7, 11) is 0. The molecule has 40 heavy (non-hydrogen) atoms. The van der Waals surface area contributed by atoms with Gasteiger partial charge in [-0.1, -0.05) is 35.4 Å². The fraction of sp³-hybridized carbons (Fsp3) is 0.207. The number of aryl methyl sites for hydroxylation is 2. The van der Waals surface area contributed by atoms with Crippen molar-refractivity contribution in [1.82, 2.24) is 4.90 Å². The second-order valence-electron chi connectivity index (χ2n) is 8.92. The van der Waals surface area contributed by atoms with Crippen LogP contribution < -0.4 is 14.8 Å². The summed E-state index contributed by atoms with van der Waals surface area (Å²) in [4.78, 5) is 39.4. The molecule has 4 rings (SSSR count). The third-order valence-corrected chi connectivity index (χ3v) is 7.70. The minimum absolute atomic E-state index is 0.0774. The van der Waals surface area contributed by atoms with Crippen molar-refractivity contribution >= 4 is 68.1 Å². The van der Waals surface area contributed by atoms with Gasteiger partial charge in [-0.05, 0) is 102 Å². The highest BCUT2D eigenvalue weighted by Gasteiger charge is 2.35. The Morgan fingerprint density at radius 2 is 1.90 bits per heavy atom. The Morgan fingerprint density at radius 3 is 2.60 bits per heavy atom. The molecule has 1 aliphatic rings. The standard InChI is InChI=1S/C29H25BrClFN2O5S/c1-4-38-24-11-18(10-21(30)27(24)39-15-26(35)33-23-8-5-16(2)9-17(23)3)12-25-28(36)34(29(37)40-25)14-19-6-7-20(32)13-22(19)31/h5-13H,4,14-15H2,1-3H3,(H,33,35)/b25-12-. The molecule has 1 aliphatic heterocycles. The van der Waals surface area contributed by atoms with Crippen LogP contribution in [0.25, 0.3) is 6.08 Å². The minimum Gasteiger partial charge on any atom is -0.490 e. The average Bonchev–Trinajstić information content (AvgIpc) is 3.14. The van der Waals surface area contributed by atoms with E-state index in [2.05, 4.69) is 21.2 Å². The van der Waals surface area contributed by atoms with E-state index in [9.17, 15) is 18.8 Å². The van der Waals surface area contributed by atoms with Gasteiger partial charge in [0, 0.05) is 10.7 Å². The van der Waals surface area contributed by atoms with Crippen LogP contribution >= 0.6 is 39.3 Å². The zero-order valence-corrected chi connectivity index (χ0v) is 25.0. The predicted octanol–water partition coefficient (Wildman–Crippen LogP) is 7.51. The van der Waals surface area contributed by atoms with Crippen molar-refractivity contribution in [3.63, 3.8) is 0 Å². The summed E-state index contributed by atoms with van der Waals surface area (Å²) in [6.45, 7) is 5.70. The van der Waals surface area contributed by atoms with E-state index in [1.807, 2.05) is 39.0 Å². The van der Waals surface area contributed by atoms with E-state index < -0.39 is 17.0 Å². The lowest BCUT2D eigenvalue weighted by Crippen LogP contribution is -2.27. The number of hydrogen-bond acceptors (Lipinski definition) is 6. The molecular weight excluding hydrogens is 623 g/mol. The Labute approximate surface area is 248 Å². The van der Waals surface area contributed by atoms with Crippen molar-refractivity contribution in [2.45, 2.75) is 27.3 Å². The quantitative estimate of drug-likeness (QED) is 0.242. The molecule has 0 aromatic heterocycles. The predicted molar refractivity (Wildman–Crippen MR) is 158 cm³/mol. The van der Waals surface area contributed by atoms with Gasteiger partial charge in [-0.15, -0.1) is 0 Å². The highest BCUT2D eigenvalue weighted by molar-refractivity contribution is 9.10. The van der Waals surface area contributed by atoms with Crippen molar-refractivity contribution in [3.8, 4) is 11.5 Å². The van der Waals surface area contributed by atoms with Crippen LogP contribution in [0.15, 0.2) is 57.9 Å². The van der Waals surface area contributed by atoms with Gasteiger partial charge < -0.3 is 14.8 Å². The molecule has 208 valence electrons. The average molecular weight is 648 g/mol. The minimum atomic E-state index is -0.507. The lowest BCUT2D eigenvalue weighted by molar-refractivity contribution is -0.123. The molecular formula is C29H25BrClFN2O5S. The molecule has 3 amide bonds. The van der Waals surface area contributed by atoms with Crippen LogP contribution in [0.2, 0.25) is 5.02 Å². The molecule has 0 unspecified atom stereocenters. The maximum absolute atomic E-state index is 13.4. The normalized spacial score (nSPS) is 14.2.